The van der Waals surface area contributed by atoms with E-state index in [1.165, 1.54) is 11.3 Å². The van der Waals surface area contributed by atoms with Crippen LogP contribution >= 0.6 is 11.3 Å². The molecule has 0 fully saturated rings. The summed E-state index contributed by atoms with van der Waals surface area (Å²) in [6.07, 6.45) is 5.90. The van der Waals surface area contributed by atoms with Crippen LogP contribution in [0, 0.1) is 0 Å². The number of amides is 1. The van der Waals surface area contributed by atoms with Crippen LogP contribution in [0.1, 0.15) is 20.8 Å². The fourth-order valence-corrected chi connectivity index (χ4v) is 3.07. The zero-order valence-corrected chi connectivity index (χ0v) is 15.3. The molecular formula is C19H20N4O2S. The Kier molecular flexibility index (Phi) is 6.16. The van der Waals surface area contributed by atoms with E-state index in [1.54, 1.807) is 25.7 Å². The Morgan fingerprint density at radius 1 is 1.15 bits per heavy atom. The van der Waals surface area contributed by atoms with Gasteiger partial charge < -0.3 is 15.4 Å². The summed E-state index contributed by atoms with van der Waals surface area (Å²) in [5.74, 6) is 0.721. The van der Waals surface area contributed by atoms with Crippen molar-refractivity contribution in [1.82, 2.24) is 15.3 Å². The van der Waals surface area contributed by atoms with Crippen molar-refractivity contribution in [1.29, 1.82) is 0 Å². The monoisotopic (exact) mass is 368 g/mol. The normalized spacial score (nSPS) is 10.3. The van der Waals surface area contributed by atoms with E-state index in [2.05, 4.69) is 20.6 Å². The van der Waals surface area contributed by atoms with Crippen LogP contribution < -0.4 is 15.4 Å². The van der Waals surface area contributed by atoms with Crippen LogP contribution in [0.25, 0.3) is 0 Å². The standard InChI is InChI=1S/C19H20N4O2S/c1-25-16-6-4-14(5-7-16)8-10-21-18(24)17-13-23-19(26-17)22-12-15-3-2-9-20-11-15/h2-7,9,11,13H,8,10,12H2,1H3,(H,21,24)(H,22,23). The molecule has 0 atom stereocenters. The lowest BCUT2D eigenvalue weighted by Crippen LogP contribution is -2.24. The molecule has 2 heterocycles. The van der Waals surface area contributed by atoms with Crippen LogP contribution in [-0.2, 0) is 13.0 Å². The van der Waals surface area contributed by atoms with Crippen molar-refractivity contribution in [3.63, 3.8) is 0 Å². The number of nitrogens with one attached hydrogen (secondary N) is 2. The maximum absolute atomic E-state index is 12.2. The van der Waals surface area contributed by atoms with Gasteiger partial charge in [-0.05, 0) is 35.7 Å². The second-order valence-electron chi connectivity index (χ2n) is 5.60. The lowest BCUT2D eigenvalue weighted by Gasteiger charge is -2.05. The Labute approximate surface area is 156 Å². The number of carbonyl (C=O) groups excluding carboxylic acids is 1. The maximum atomic E-state index is 12.2. The van der Waals surface area contributed by atoms with Crippen LogP contribution in [0.4, 0.5) is 5.13 Å². The SMILES string of the molecule is COc1ccc(CCNC(=O)c2cnc(NCc3cccnc3)s2)cc1. The highest BCUT2D eigenvalue weighted by Crippen LogP contribution is 2.18. The zero-order valence-electron chi connectivity index (χ0n) is 14.4. The minimum Gasteiger partial charge on any atom is -0.497 e. The van der Waals surface area contributed by atoms with E-state index >= 15 is 0 Å². The van der Waals surface area contributed by atoms with Gasteiger partial charge in [0.1, 0.15) is 10.6 Å². The molecule has 0 aliphatic carbocycles. The van der Waals surface area contributed by atoms with Crippen LogP contribution in [0.15, 0.2) is 55.0 Å². The van der Waals surface area contributed by atoms with Crippen molar-refractivity contribution >= 4 is 22.4 Å². The second-order valence-corrected chi connectivity index (χ2v) is 6.63. The van der Waals surface area contributed by atoms with E-state index in [-0.39, 0.29) is 5.91 Å². The number of aromatic nitrogens is 2. The number of methoxy groups -OCH3 is 1. The number of carbonyl (C=O) groups is 1. The summed E-state index contributed by atoms with van der Waals surface area (Å²) in [5.41, 5.74) is 2.21. The van der Waals surface area contributed by atoms with E-state index < -0.39 is 0 Å². The van der Waals surface area contributed by atoms with Gasteiger partial charge in [0, 0.05) is 25.5 Å². The molecule has 1 aromatic carbocycles. The average Bonchev–Trinajstić information content (AvgIpc) is 3.17. The predicted molar refractivity (Wildman–Crippen MR) is 103 cm³/mol. The lowest BCUT2D eigenvalue weighted by molar-refractivity contribution is 0.0958. The number of nitrogens with zero attached hydrogens (tertiary/aromatic N) is 2. The first-order chi connectivity index (χ1) is 12.7. The Morgan fingerprint density at radius 2 is 2.00 bits per heavy atom. The molecule has 0 aliphatic rings. The molecule has 2 N–H and O–H groups in total. The third-order valence-electron chi connectivity index (χ3n) is 3.75. The summed E-state index contributed by atoms with van der Waals surface area (Å²) in [7, 11) is 1.64. The molecule has 0 aliphatic heterocycles. The van der Waals surface area contributed by atoms with Gasteiger partial charge in [0.2, 0.25) is 0 Å². The van der Waals surface area contributed by atoms with E-state index in [9.17, 15) is 4.79 Å². The van der Waals surface area contributed by atoms with E-state index in [0.29, 0.717) is 23.1 Å². The molecule has 0 unspecified atom stereocenters. The summed E-state index contributed by atoms with van der Waals surface area (Å²) in [6.45, 7) is 1.20. The summed E-state index contributed by atoms with van der Waals surface area (Å²) in [4.78, 5) is 21.1. The molecule has 7 heteroatoms. The van der Waals surface area contributed by atoms with Gasteiger partial charge in [0.15, 0.2) is 5.13 Å². The van der Waals surface area contributed by atoms with E-state index in [1.807, 2.05) is 36.4 Å². The van der Waals surface area contributed by atoms with Crippen molar-refractivity contribution in [2.45, 2.75) is 13.0 Å². The third-order valence-corrected chi connectivity index (χ3v) is 4.71. The van der Waals surface area contributed by atoms with E-state index in [0.717, 1.165) is 23.3 Å². The first kappa shape index (κ1) is 17.9. The second kappa shape index (κ2) is 8.96. The molecule has 3 aromatic rings. The quantitative estimate of drug-likeness (QED) is 0.639. The first-order valence-corrected chi connectivity index (χ1v) is 9.06. The number of hydrogen-bond acceptors (Lipinski definition) is 6. The summed E-state index contributed by atoms with van der Waals surface area (Å²) < 4.78 is 5.14. The van der Waals surface area contributed by atoms with Gasteiger partial charge in [-0.2, -0.15) is 0 Å². The number of benzene rings is 1. The van der Waals surface area contributed by atoms with Gasteiger partial charge in [-0.25, -0.2) is 4.98 Å². The summed E-state index contributed by atoms with van der Waals surface area (Å²) in [6, 6.07) is 11.7. The van der Waals surface area contributed by atoms with Gasteiger partial charge in [-0.15, -0.1) is 0 Å². The molecule has 0 radical (unpaired) electrons. The number of rotatable bonds is 8. The molecule has 134 valence electrons. The van der Waals surface area contributed by atoms with Crippen molar-refractivity contribution in [3.05, 3.63) is 71.0 Å². The lowest BCUT2D eigenvalue weighted by atomic mass is 10.1. The summed E-state index contributed by atoms with van der Waals surface area (Å²) >= 11 is 1.34. The van der Waals surface area contributed by atoms with Crippen molar-refractivity contribution in [2.24, 2.45) is 0 Å². The van der Waals surface area contributed by atoms with Gasteiger partial charge in [-0.1, -0.05) is 29.5 Å². The first-order valence-electron chi connectivity index (χ1n) is 8.24. The number of thiazole rings is 1. The highest BCUT2D eigenvalue weighted by atomic mass is 32.1. The fraction of sp³-hybridized carbons (Fsp3) is 0.211. The van der Waals surface area contributed by atoms with Crippen LogP contribution in [-0.4, -0.2) is 29.5 Å². The number of hydrogen-bond donors (Lipinski definition) is 2. The molecule has 26 heavy (non-hydrogen) atoms. The van der Waals surface area contributed by atoms with Gasteiger partial charge in [0.05, 0.1) is 13.3 Å². The Bertz CT molecular complexity index is 834. The molecule has 0 saturated carbocycles. The number of ether oxygens (including phenoxy) is 1. The van der Waals surface area contributed by atoms with Crippen LogP contribution in [0.3, 0.4) is 0 Å². The predicted octanol–water partition coefficient (Wildman–Crippen LogP) is 3.13. The molecule has 0 bridgehead atoms. The smallest absolute Gasteiger partial charge is 0.263 e. The van der Waals surface area contributed by atoms with Crippen LogP contribution in [0.5, 0.6) is 5.75 Å². The van der Waals surface area contributed by atoms with Crippen LogP contribution in [0.2, 0.25) is 0 Å². The molecule has 1 amide bonds. The van der Waals surface area contributed by atoms with Crippen molar-refractivity contribution in [2.75, 3.05) is 19.0 Å². The highest BCUT2D eigenvalue weighted by Gasteiger charge is 2.10. The van der Waals surface area contributed by atoms with Gasteiger partial charge in [0.25, 0.3) is 5.91 Å². The topological polar surface area (TPSA) is 76.1 Å². The largest absolute Gasteiger partial charge is 0.497 e. The number of pyridine rings is 1. The number of anilines is 1. The molecule has 2 aromatic heterocycles. The van der Waals surface area contributed by atoms with Crippen molar-refractivity contribution in [3.8, 4) is 5.75 Å². The molecule has 6 nitrogen and oxygen atoms in total. The Morgan fingerprint density at radius 3 is 2.73 bits per heavy atom. The van der Waals surface area contributed by atoms with Crippen molar-refractivity contribution < 1.29 is 9.53 Å². The Balaban J connectivity index is 1.45. The fourth-order valence-electron chi connectivity index (χ4n) is 2.34. The molecule has 3 rings (SSSR count). The van der Waals surface area contributed by atoms with Gasteiger partial charge in [-0.3, -0.25) is 9.78 Å². The van der Waals surface area contributed by atoms with E-state index in [4.69, 9.17) is 4.74 Å². The highest BCUT2D eigenvalue weighted by molar-refractivity contribution is 7.17. The third kappa shape index (κ3) is 5.03. The molecule has 0 spiro atoms. The minimum atomic E-state index is -0.106. The summed E-state index contributed by atoms with van der Waals surface area (Å²) in [5, 5.41) is 6.85. The minimum absolute atomic E-state index is 0.106. The average molecular weight is 368 g/mol. The zero-order chi connectivity index (χ0) is 18.2. The Hall–Kier alpha value is -2.93. The maximum Gasteiger partial charge on any atom is 0.263 e. The molecular weight excluding hydrogens is 348 g/mol. The molecule has 0 saturated heterocycles. The van der Waals surface area contributed by atoms with Gasteiger partial charge >= 0.3 is 0 Å².